The average molecular weight is 236 g/mol. The zero-order valence-electron chi connectivity index (χ0n) is 11.5. The van der Waals surface area contributed by atoms with Gasteiger partial charge in [-0.05, 0) is 20.3 Å². The van der Waals surface area contributed by atoms with Crippen molar-refractivity contribution in [1.29, 1.82) is 0 Å². The van der Waals surface area contributed by atoms with Crippen molar-refractivity contribution in [2.24, 2.45) is 0 Å². The van der Waals surface area contributed by atoms with Crippen molar-refractivity contribution in [3.63, 3.8) is 0 Å². The molecule has 17 heavy (non-hydrogen) atoms. The molecular formula is C13H24N4. The Bertz CT molecular complexity index is 334. The topological polar surface area (TPSA) is 41.0 Å². The van der Waals surface area contributed by atoms with E-state index in [1.54, 1.807) is 0 Å². The zero-order valence-corrected chi connectivity index (χ0v) is 11.5. The Morgan fingerprint density at radius 1 is 1.12 bits per heavy atom. The Kier molecular flexibility index (Phi) is 5.73. The van der Waals surface area contributed by atoms with Crippen LogP contribution < -0.4 is 10.2 Å². The second kappa shape index (κ2) is 7.09. The van der Waals surface area contributed by atoms with Crippen LogP contribution in [0.3, 0.4) is 0 Å². The van der Waals surface area contributed by atoms with Crippen LogP contribution in [0.15, 0.2) is 6.07 Å². The normalized spacial score (nSPS) is 10.4. The molecule has 0 spiro atoms. The lowest BCUT2D eigenvalue weighted by atomic mass is 10.3. The lowest BCUT2D eigenvalue weighted by molar-refractivity contribution is 0.821. The van der Waals surface area contributed by atoms with Crippen LogP contribution in [-0.4, -0.2) is 29.6 Å². The summed E-state index contributed by atoms with van der Waals surface area (Å²) in [6, 6.07) is 2.04. The fraction of sp³-hybridized carbons (Fsp3) is 0.692. The quantitative estimate of drug-likeness (QED) is 0.790. The van der Waals surface area contributed by atoms with Crippen LogP contribution in [0.1, 0.15) is 39.9 Å². The summed E-state index contributed by atoms with van der Waals surface area (Å²) >= 11 is 0. The lowest BCUT2D eigenvalue weighted by Crippen LogP contribution is -2.24. The predicted octanol–water partition coefficient (Wildman–Crippen LogP) is 2.71. The van der Waals surface area contributed by atoms with Gasteiger partial charge in [-0.2, -0.15) is 0 Å². The van der Waals surface area contributed by atoms with Crippen LogP contribution >= 0.6 is 0 Å². The van der Waals surface area contributed by atoms with Gasteiger partial charge in [0.1, 0.15) is 17.5 Å². The summed E-state index contributed by atoms with van der Waals surface area (Å²) in [6.07, 6.45) is 1.97. The van der Waals surface area contributed by atoms with Gasteiger partial charge in [0.25, 0.3) is 0 Å². The third kappa shape index (κ3) is 3.88. The van der Waals surface area contributed by atoms with E-state index < -0.39 is 0 Å². The van der Waals surface area contributed by atoms with E-state index in [0.29, 0.717) is 0 Å². The van der Waals surface area contributed by atoms with Crippen molar-refractivity contribution in [2.45, 2.75) is 40.5 Å². The Balaban J connectivity index is 2.95. The monoisotopic (exact) mass is 236 g/mol. The van der Waals surface area contributed by atoms with E-state index in [2.05, 4.69) is 47.9 Å². The van der Waals surface area contributed by atoms with Gasteiger partial charge in [0, 0.05) is 32.1 Å². The minimum Gasteiger partial charge on any atom is -0.370 e. The first kappa shape index (κ1) is 13.7. The highest BCUT2D eigenvalue weighted by molar-refractivity contribution is 5.49. The fourth-order valence-electron chi connectivity index (χ4n) is 1.69. The van der Waals surface area contributed by atoms with Crippen LogP contribution in [0.25, 0.3) is 0 Å². The molecule has 0 saturated carbocycles. The molecule has 0 atom stereocenters. The molecule has 1 aromatic heterocycles. The molecule has 1 aromatic rings. The van der Waals surface area contributed by atoms with E-state index in [1.807, 2.05) is 6.07 Å². The van der Waals surface area contributed by atoms with Gasteiger partial charge in [0.05, 0.1) is 0 Å². The van der Waals surface area contributed by atoms with Gasteiger partial charge in [-0.3, -0.25) is 0 Å². The number of nitrogens with one attached hydrogen (secondary N) is 1. The fourth-order valence-corrected chi connectivity index (χ4v) is 1.69. The molecule has 0 aromatic carbocycles. The van der Waals surface area contributed by atoms with Crippen molar-refractivity contribution in [3.8, 4) is 0 Å². The Morgan fingerprint density at radius 3 is 2.35 bits per heavy atom. The largest absolute Gasteiger partial charge is 0.370 e. The van der Waals surface area contributed by atoms with Gasteiger partial charge in [-0.15, -0.1) is 0 Å². The van der Waals surface area contributed by atoms with Crippen LogP contribution in [-0.2, 0) is 6.42 Å². The molecule has 0 radical (unpaired) electrons. The highest BCUT2D eigenvalue weighted by atomic mass is 15.2. The molecule has 0 aliphatic rings. The number of anilines is 2. The van der Waals surface area contributed by atoms with Crippen molar-refractivity contribution >= 4 is 11.6 Å². The summed E-state index contributed by atoms with van der Waals surface area (Å²) in [7, 11) is 0. The zero-order chi connectivity index (χ0) is 12.7. The highest BCUT2D eigenvalue weighted by Crippen LogP contribution is 2.16. The van der Waals surface area contributed by atoms with Gasteiger partial charge in [0.2, 0.25) is 0 Å². The summed E-state index contributed by atoms with van der Waals surface area (Å²) < 4.78 is 0. The molecular weight excluding hydrogens is 212 g/mol. The number of nitrogens with zero attached hydrogens (tertiary/aromatic N) is 3. The maximum atomic E-state index is 4.58. The first-order chi connectivity index (χ1) is 8.24. The molecule has 0 amide bonds. The van der Waals surface area contributed by atoms with E-state index in [0.717, 1.165) is 49.9 Å². The van der Waals surface area contributed by atoms with Gasteiger partial charge in [-0.1, -0.05) is 13.8 Å². The molecule has 4 nitrogen and oxygen atoms in total. The SMILES string of the molecule is CCCNc1cc(N(CC)CC)nc(CC)n1. The Labute approximate surface area is 104 Å². The van der Waals surface area contributed by atoms with Gasteiger partial charge in [0.15, 0.2) is 0 Å². The van der Waals surface area contributed by atoms with Crippen LogP contribution in [0.4, 0.5) is 11.6 Å². The molecule has 96 valence electrons. The molecule has 0 aliphatic heterocycles. The minimum absolute atomic E-state index is 0.871. The van der Waals surface area contributed by atoms with E-state index in [1.165, 1.54) is 0 Å². The predicted molar refractivity (Wildman–Crippen MR) is 73.8 cm³/mol. The number of aromatic nitrogens is 2. The number of hydrogen-bond donors (Lipinski definition) is 1. The van der Waals surface area contributed by atoms with Gasteiger partial charge < -0.3 is 10.2 Å². The van der Waals surface area contributed by atoms with E-state index in [-0.39, 0.29) is 0 Å². The van der Waals surface area contributed by atoms with Gasteiger partial charge >= 0.3 is 0 Å². The Hall–Kier alpha value is -1.32. The average Bonchev–Trinajstić information content (AvgIpc) is 2.37. The van der Waals surface area contributed by atoms with Crippen molar-refractivity contribution in [2.75, 3.05) is 29.9 Å². The van der Waals surface area contributed by atoms with Crippen molar-refractivity contribution in [1.82, 2.24) is 9.97 Å². The highest BCUT2D eigenvalue weighted by Gasteiger charge is 2.07. The smallest absolute Gasteiger partial charge is 0.134 e. The standard InChI is InChI=1S/C13H24N4/c1-5-9-14-12-10-13(17(7-3)8-4)16-11(6-2)15-12/h10H,5-9H2,1-4H3,(H,14,15,16). The first-order valence-corrected chi connectivity index (χ1v) is 6.61. The van der Waals surface area contributed by atoms with Crippen molar-refractivity contribution in [3.05, 3.63) is 11.9 Å². The van der Waals surface area contributed by atoms with Gasteiger partial charge in [-0.25, -0.2) is 9.97 Å². The molecule has 1 N–H and O–H groups in total. The molecule has 0 fully saturated rings. The molecule has 4 heteroatoms. The van der Waals surface area contributed by atoms with Crippen LogP contribution in [0, 0.1) is 0 Å². The molecule has 0 saturated heterocycles. The third-order valence-corrected chi connectivity index (χ3v) is 2.72. The lowest BCUT2D eigenvalue weighted by Gasteiger charge is -2.21. The third-order valence-electron chi connectivity index (χ3n) is 2.72. The molecule has 0 bridgehead atoms. The maximum Gasteiger partial charge on any atom is 0.134 e. The summed E-state index contributed by atoms with van der Waals surface area (Å²) in [5, 5.41) is 3.33. The summed E-state index contributed by atoms with van der Waals surface area (Å²) in [4.78, 5) is 11.3. The second-order valence-corrected chi connectivity index (χ2v) is 3.98. The Morgan fingerprint density at radius 2 is 1.82 bits per heavy atom. The summed E-state index contributed by atoms with van der Waals surface area (Å²) in [5.41, 5.74) is 0. The van der Waals surface area contributed by atoms with E-state index in [4.69, 9.17) is 0 Å². The summed E-state index contributed by atoms with van der Waals surface area (Å²) in [6.45, 7) is 11.4. The van der Waals surface area contributed by atoms with Crippen LogP contribution in [0.5, 0.6) is 0 Å². The maximum absolute atomic E-state index is 4.58. The first-order valence-electron chi connectivity index (χ1n) is 6.61. The molecule has 0 unspecified atom stereocenters. The van der Waals surface area contributed by atoms with Crippen LogP contribution in [0.2, 0.25) is 0 Å². The number of rotatable bonds is 7. The number of hydrogen-bond acceptors (Lipinski definition) is 4. The van der Waals surface area contributed by atoms with Crippen molar-refractivity contribution < 1.29 is 0 Å². The summed E-state index contributed by atoms with van der Waals surface area (Å²) in [5.74, 6) is 2.88. The molecule has 0 aliphatic carbocycles. The second-order valence-electron chi connectivity index (χ2n) is 3.98. The number of aryl methyl sites for hydroxylation is 1. The van der Waals surface area contributed by atoms with E-state index >= 15 is 0 Å². The molecule has 1 rings (SSSR count). The molecule has 1 heterocycles. The minimum atomic E-state index is 0.871. The van der Waals surface area contributed by atoms with E-state index in [9.17, 15) is 0 Å².